The molecule has 1 aromatic heterocycles. The Morgan fingerprint density at radius 3 is 2.50 bits per heavy atom. The number of nitrogens with one attached hydrogen (secondary N) is 1. The second kappa shape index (κ2) is 10.6. The summed E-state index contributed by atoms with van der Waals surface area (Å²) in [5, 5.41) is 6.59. The normalized spacial score (nSPS) is 14.9. The van der Waals surface area contributed by atoms with Crippen molar-refractivity contribution in [2.75, 3.05) is 26.9 Å². The summed E-state index contributed by atoms with van der Waals surface area (Å²) in [5.74, 6) is 0.569. The summed E-state index contributed by atoms with van der Waals surface area (Å²) >= 11 is 0. The Morgan fingerprint density at radius 1 is 1.19 bits per heavy atom. The monoisotopic (exact) mass is 446 g/mol. The first-order valence-electron chi connectivity index (χ1n) is 10.5. The van der Waals surface area contributed by atoms with Crippen molar-refractivity contribution < 1.29 is 28.3 Å². The number of aromatic nitrogens is 2. The molecule has 1 aliphatic rings. The molecule has 2 heterocycles. The first kappa shape index (κ1) is 23.7. The van der Waals surface area contributed by atoms with Gasteiger partial charge in [-0.25, -0.2) is 4.79 Å². The summed E-state index contributed by atoms with van der Waals surface area (Å²) in [5.41, 5.74) is 0.710. The average molecular weight is 447 g/mol. The van der Waals surface area contributed by atoms with Gasteiger partial charge in [0, 0.05) is 31.3 Å². The lowest BCUT2D eigenvalue weighted by molar-refractivity contribution is -0.0190. The van der Waals surface area contributed by atoms with Gasteiger partial charge in [0.1, 0.15) is 18.9 Å². The lowest BCUT2D eigenvalue weighted by Crippen LogP contribution is -2.43. The summed E-state index contributed by atoms with van der Waals surface area (Å²) in [6, 6.07) is 6.84. The quantitative estimate of drug-likeness (QED) is 0.645. The summed E-state index contributed by atoms with van der Waals surface area (Å²) in [6.45, 7) is 7.10. The van der Waals surface area contributed by atoms with Crippen molar-refractivity contribution in [3.8, 4) is 11.5 Å². The van der Waals surface area contributed by atoms with Crippen LogP contribution in [0.15, 0.2) is 28.8 Å². The molecular formula is C22H30N4O6. The minimum absolute atomic E-state index is 0.0144. The highest BCUT2D eigenvalue weighted by Crippen LogP contribution is 2.20. The molecule has 1 aliphatic heterocycles. The van der Waals surface area contributed by atoms with Crippen LogP contribution in [0.2, 0.25) is 0 Å². The Hall–Kier alpha value is -2.98. The smallest absolute Gasteiger partial charge is 0.410 e. The Kier molecular flexibility index (Phi) is 7.81. The molecule has 3 rings (SSSR count). The van der Waals surface area contributed by atoms with Crippen LogP contribution in [-0.2, 0) is 20.8 Å². The second-order valence-corrected chi connectivity index (χ2v) is 8.51. The van der Waals surface area contributed by atoms with Gasteiger partial charge in [0.05, 0.1) is 6.10 Å². The Bertz CT molecular complexity index is 898. The van der Waals surface area contributed by atoms with Crippen LogP contribution in [0.5, 0.6) is 0 Å². The molecule has 1 fully saturated rings. The van der Waals surface area contributed by atoms with Crippen molar-refractivity contribution in [1.29, 1.82) is 0 Å². The molecular weight excluding hydrogens is 416 g/mol. The summed E-state index contributed by atoms with van der Waals surface area (Å²) in [6.07, 6.45) is 1.16. The number of hydrogen-bond donors (Lipinski definition) is 1. The zero-order valence-electron chi connectivity index (χ0n) is 18.9. The number of benzene rings is 1. The molecule has 0 spiro atoms. The van der Waals surface area contributed by atoms with E-state index in [1.807, 2.05) is 20.8 Å². The molecule has 0 bridgehead atoms. The van der Waals surface area contributed by atoms with Crippen molar-refractivity contribution in [1.82, 2.24) is 20.4 Å². The zero-order valence-corrected chi connectivity index (χ0v) is 18.9. The number of carbonyl (C=O) groups is 2. The lowest BCUT2D eigenvalue weighted by Gasteiger charge is -2.33. The third-order valence-corrected chi connectivity index (χ3v) is 4.78. The van der Waals surface area contributed by atoms with Gasteiger partial charge < -0.3 is 29.0 Å². The number of methoxy groups -OCH3 is 1. The summed E-state index contributed by atoms with van der Waals surface area (Å²) in [4.78, 5) is 30.1. The molecule has 10 heteroatoms. The van der Waals surface area contributed by atoms with E-state index in [1.54, 1.807) is 29.2 Å². The Morgan fingerprint density at radius 2 is 1.88 bits per heavy atom. The molecule has 0 saturated carbocycles. The van der Waals surface area contributed by atoms with Gasteiger partial charge >= 0.3 is 6.09 Å². The van der Waals surface area contributed by atoms with Gasteiger partial charge in [0.15, 0.2) is 5.82 Å². The van der Waals surface area contributed by atoms with Gasteiger partial charge in [-0.1, -0.05) is 5.16 Å². The van der Waals surface area contributed by atoms with Crippen LogP contribution in [0.3, 0.4) is 0 Å². The van der Waals surface area contributed by atoms with Crippen molar-refractivity contribution in [2.24, 2.45) is 0 Å². The topological polar surface area (TPSA) is 116 Å². The van der Waals surface area contributed by atoms with Crippen molar-refractivity contribution >= 4 is 12.0 Å². The molecule has 0 atom stereocenters. The van der Waals surface area contributed by atoms with E-state index in [4.69, 9.17) is 18.7 Å². The van der Waals surface area contributed by atoms with Gasteiger partial charge in [-0.3, -0.25) is 4.79 Å². The third-order valence-electron chi connectivity index (χ3n) is 4.78. The highest BCUT2D eigenvalue weighted by atomic mass is 16.6. The predicted octanol–water partition coefficient (Wildman–Crippen LogP) is 2.99. The van der Waals surface area contributed by atoms with Crippen molar-refractivity contribution in [3.05, 3.63) is 35.7 Å². The van der Waals surface area contributed by atoms with E-state index in [0.717, 1.165) is 12.8 Å². The van der Waals surface area contributed by atoms with Crippen LogP contribution in [0.4, 0.5) is 4.79 Å². The Balaban J connectivity index is 1.46. The molecule has 32 heavy (non-hydrogen) atoms. The van der Waals surface area contributed by atoms with Crippen molar-refractivity contribution in [3.63, 3.8) is 0 Å². The zero-order chi connectivity index (χ0) is 23.1. The van der Waals surface area contributed by atoms with E-state index in [0.29, 0.717) is 35.9 Å². The number of rotatable bonds is 7. The molecule has 1 aromatic carbocycles. The lowest BCUT2D eigenvalue weighted by atomic mass is 10.1. The van der Waals surface area contributed by atoms with Crippen LogP contribution >= 0.6 is 0 Å². The van der Waals surface area contributed by atoms with Gasteiger partial charge in [-0.2, -0.15) is 4.98 Å². The SMILES string of the molecule is COCNC(=O)c1ccc(-c2nc(COC3CCN(C(=O)OC(C)(C)C)CC3)no2)cc1. The van der Waals surface area contributed by atoms with Crippen LogP contribution < -0.4 is 5.32 Å². The predicted molar refractivity (Wildman–Crippen MR) is 115 cm³/mol. The number of hydrogen-bond acceptors (Lipinski definition) is 8. The van der Waals surface area contributed by atoms with Crippen LogP contribution in [0.25, 0.3) is 11.5 Å². The van der Waals surface area contributed by atoms with Gasteiger partial charge in [-0.05, 0) is 57.9 Å². The molecule has 2 amide bonds. The molecule has 10 nitrogen and oxygen atoms in total. The fourth-order valence-corrected chi connectivity index (χ4v) is 3.16. The van der Waals surface area contributed by atoms with E-state index >= 15 is 0 Å². The first-order chi connectivity index (χ1) is 15.2. The minimum Gasteiger partial charge on any atom is -0.444 e. The van der Waals surface area contributed by atoms with E-state index < -0.39 is 5.60 Å². The Labute approximate surface area is 187 Å². The number of carbonyl (C=O) groups excluding carboxylic acids is 2. The summed E-state index contributed by atoms with van der Waals surface area (Å²) in [7, 11) is 1.51. The molecule has 2 aromatic rings. The minimum atomic E-state index is -0.502. The largest absolute Gasteiger partial charge is 0.444 e. The average Bonchev–Trinajstić information content (AvgIpc) is 3.24. The maximum absolute atomic E-state index is 12.1. The standard InChI is InChI=1S/C22H30N4O6/c1-22(2,3)31-21(28)26-11-9-17(10-12-26)30-13-18-24-20(32-25-18)16-7-5-15(6-8-16)19(27)23-14-29-4/h5-8,17H,9-14H2,1-4H3,(H,23,27). The maximum atomic E-state index is 12.1. The number of likely N-dealkylation sites (tertiary alicyclic amines) is 1. The first-order valence-corrected chi connectivity index (χ1v) is 10.5. The molecule has 1 N–H and O–H groups in total. The summed E-state index contributed by atoms with van der Waals surface area (Å²) < 4.78 is 21.5. The fourth-order valence-electron chi connectivity index (χ4n) is 3.16. The van der Waals surface area contributed by atoms with Gasteiger partial charge in [0.25, 0.3) is 11.8 Å². The number of amides is 2. The molecule has 0 aliphatic carbocycles. The third kappa shape index (κ3) is 6.76. The number of ether oxygens (including phenoxy) is 3. The van der Waals surface area contributed by atoms with Crippen LogP contribution in [0.1, 0.15) is 49.8 Å². The van der Waals surface area contributed by atoms with Crippen LogP contribution in [-0.4, -0.2) is 65.7 Å². The number of piperidine rings is 1. The molecule has 0 radical (unpaired) electrons. The molecule has 1 saturated heterocycles. The van der Waals surface area contributed by atoms with E-state index in [-0.39, 0.29) is 31.4 Å². The van der Waals surface area contributed by atoms with Gasteiger partial charge in [0.2, 0.25) is 0 Å². The highest BCUT2D eigenvalue weighted by molar-refractivity contribution is 5.94. The van der Waals surface area contributed by atoms with E-state index in [2.05, 4.69) is 15.5 Å². The highest BCUT2D eigenvalue weighted by Gasteiger charge is 2.27. The van der Waals surface area contributed by atoms with E-state index in [9.17, 15) is 9.59 Å². The number of nitrogens with zero attached hydrogens (tertiary/aromatic N) is 3. The molecule has 0 unspecified atom stereocenters. The van der Waals surface area contributed by atoms with Crippen LogP contribution in [0, 0.1) is 0 Å². The maximum Gasteiger partial charge on any atom is 0.410 e. The van der Waals surface area contributed by atoms with Gasteiger partial charge in [-0.15, -0.1) is 0 Å². The fraction of sp³-hybridized carbons (Fsp3) is 0.545. The molecule has 174 valence electrons. The van der Waals surface area contributed by atoms with Crippen molar-refractivity contribution in [2.45, 2.75) is 51.9 Å². The van der Waals surface area contributed by atoms with E-state index in [1.165, 1.54) is 7.11 Å². The second-order valence-electron chi connectivity index (χ2n) is 8.51.